The zero-order chi connectivity index (χ0) is 23.4. The number of hydrogen-bond donors (Lipinski definition) is 7. The van der Waals surface area contributed by atoms with Crippen molar-refractivity contribution in [3.63, 3.8) is 0 Å². The molecule has 1 fully saturated rings. The molecule has 7 N–H and O–H groups in total. The summed E-state index contributed by atoms with van der Waals surface area (Å²) in [5, 5.41) is 69.9. The minimum Gasteiger partial charge on any atom is -0.504 e. The second-order valence-corrected chi connectivity index (χ2v) is 7.86. The second kappa shape index (κ2) is 7.71. The summed E-state index contributed by atoms with van der Waals surface area (Å²) in [6, 6.07) is 5.04. The Bertz CT molecular complexity index is 1070. The van der Waals surface area contributed by atoms with Crippen molar-refractivity contribution in [2.75, 3.05) is 6.61 Å². The van der Waals surface area contributed by atoms with Crippen molar-refractivity contribution in [2.45, 2.75) is 43.5 Å². The molecule has 11 heteroatoms. The number of benzene rings is 2. The molecule has 0 saturated carbocycles. The molecule has 2 aromatic rings. The van der Waals surface area contributed by atoms with Crippen LogP contribution in [-0.2, 0) is 4.74 Å². The molecule has 5 atom stereocenters. The first-order chi connectivity index (χ1) is 15.0. The first-order valence-electron chi connectivity index (χ1n) is 9.69. The number of rotatable bonds is 3. The predicted octanol–water partition coefficient (Wildman–Crippen LogP) is 0.423. The van der Waals surface area contributed by atoms with Crippen LogP contribution in [0.5, 0.6) is 34.5 Å². The van der Waals surface area contributed by atoms with Gasteiger partial charge in [0, 0.05) is 13.0 Å². The van der Waals surface area contributed by atoms with E-state index >= 15 is 0 Å². The Morgan fingerprint density at radius 3 is 2.44 bits per heavy atom. The van der Waals surface area contributed by atoms with Crippen molar-refractivity contribution in [3.8, 4) is 34.5 Å². The molecule has 0 aliphatic carbocycles. The molecule has 0 aromatic heterocycles. The summed E-state index contributed by atoms with van der Waals surface area (Å²) in [7, 11) is 0. The molecule has 0 amide bonds. The minimum absolute atomic E-state index is 0.140. The fourth-order valence-corrected chi connectivity index (χ4v) is 3.71. The van der Waals surface area contributed by atoms with E-state index in [1.54, 1.807) is 0 Å². The summed E-state index contributed by atoms with van der Waals surface area (Å²) in [5.74, 6) is -5.37. The highest BCUT2D eigenvalue weighted by Crippen LogP contribution is 2.49. The average Bonchev–Trinajstić information content (AvgIpc) is 2.75. The van der Waals surface area contributed by atoms with Crippen molar-refractivity contribution in [3.05, 3.63) is 35.4 Å². The summed E-state index contributed by atoms with van der Waals surface area (Å²) in [5.41, 5.74) is 0.101. The molecule has 32 heavy (non-hydrogen) atoms. The Morgan fingerprint density at radius 1 is 1.03 bits per heavy atom. The van der Waals surface area contributed by atoms with Gasteiger partial charge in [-0.15, -0.1) is 0 Å². The molecule has 0 radical (unpaired) electrons. The van der Waals surface area contributed by atoms with E-state index in [1.165, 1.54) is 25.1 Å². The van der Waals surface area contributed by atoms with Crippen molar-refractivity contribution < 1.29 is 54.8 Å². The van der Waals surface area contributed by atoms with E-state index in [9.17, 15) is 40.5 Å². The summed E-state index contributed by atoms with van der Waals surface area (Å²) in [4.78, 5) is 12.7. The van der Waals surface area contributed by atoms with E-state index in [0.29, 0.717) is 5.56 Å². The van der Waals surface area contributed by atoms with Crippen molar-refractivity contribution >= 4 is 5.78 Å². The number of ether oxygens (including phenoxy) is 3. The number of carbonyl (C=O) groups excluding carboxylic acids is 1. The molecular weight excluding hydrogens is 428 g/mol. The third-order valence-corrected chi connectivity index (χ3v) is 5.60. The van der Waals surface area contributed by atoms with E-state index in [0.717, 1.165) is 6.07 Å². The Balaban J connectivity index is 1.69. The quantitative estimate of drug-likeness (QED) is 0.321. The van der Waals surface area contributed by atoms with Gasteiger partial charge in [-0.25, -0.2) is 0 Å². The van der Waals surface area contributed by atoms with Crippen LogP contribution >= 0.6 is 0 Å². The Hall–Kier alpha value is -3.25. The number of Topliss-reactive ketones (excluding diaryl/α,β-unsaturated/α-hetero) is 1. The maximum Gasteiger partial charge on any atom is 0.236 e. The van der Waals surface area contributed by atoms with Gasteiger partial charge in [0.2, 0.25) is 11.5 Å². The van der Waals surface area contributed by atoms with Gasteiger partial charge in [-0.1, -0.05) is 6.07 Å². The number of fused-ring (bicyclic) bond motifs is 1. The Labute approximate surface area is 181 Å². The van der Waals surface area contributed by atoms with Crippen LogP contribution in [0, 0.1) is 0 Å². The SMILES string of the molecule is CC1(Oc2cc3c(c(O)c2O)C(=O)C[C@@H](c2ccc(O)c(O)c2)O3)OC[C@H](O)C(O)C1O. The topological polar surface area (TPSA) is 186 Å². The minimum atomic E-state index is -1.91. The van der Waals surface area contributed by atoms with Gasteiger partial charge in [0.25, 0.3) is 0 Å². The number of aliphatic hydroxyl groups excluding tert-OH is 3. The van der Waals surface area contributed by atoms with Gasteiger partial charge in [0.15, 0.2) is 28.8 Å². The third kappa shape index (κ3) is 3.54. The molecule has 2 aliphatic rings. The summed E-state index contributed by atoms with van der Waals surface area (Å²) < 4.78 is 16.6. The average molecular weight is 450 g/mol. The second-order valence-electron chi connectivity index (χ2n) is 7.86. The highest BCUT2D eigenvalue weighted by molar-refractivity contribution is 6.03. The molecular formula is C21H22O11. The zero-order valence-corrected chi connectivity index (χ0v) is 16.8. The van der Waals surface area contributed by atoms with Crippen molar-refractivity contribution in [2.24, 2.45) is 0 Å². The smallest absolute Gasteiger partial charge is 0.236 e. The Morgan fingerprint density at radius 2 is 1.75 bits per heavy atom. The maximum absolute atomic E-state index is 12.7. The number of phenolic OH excluding ortho intramolecular Hbond substituents is 4. The van der Waals surface area contributed by atoms with Crippen LogP contribution in [0.4, 0.5) is 0 Å². The van der Waals surface area contributed by atoms with Gasteiger partial charge in [-0.2, -0.15) is 0 Å². The zero-order valence-electron chi connectivity index (χ0n) is 16.8. The fourth-order valence-electron chi connectivity index (χ4n) is 3.71. The van der Waals surface area contributed by atoms with Crippen LogP contribution in [0.15, 0.2) is 24.3 Å². The van der Waals surface area contributed by atoms with E-state index in [2.05, 4.69) is 0 Å². The molecule has 172 valence electrons. The number of hydrogen-bond acceptors (Lipinski definition) is 11. The Kier molecular flexibility index (Phi) is 5.29. The summed E-state index contributed by atoms with van der Waals surface area (Å²) in [6.45, 7) is 0.893. The number of phenols is 4. The highest BCUT2D eigenvalue weighted by atomic mass is 16.7. The molecule has 0 bridgehead atoms. The normalized spacial score (nSPS) is 29.8. The molecule has 2 aliphatic heterocycles. The van der Waals surface area contributed by atoms with E-state index in [1.807, 2.05) is 0 Å². The number of aromatic hydroxyl groups is 4. The van der Waals surface area contributed by atoms with Crippen LogP contribution in [0.25, 0.3) is 0 Å². The largest absolute Gasteiger partial charge is 0.504 e. The molecule has 2 aromatic carbocycles. The molecule has 1 saturated heterocycles. The van der Waals surface area contributed by atoms with Crippen LogP contribution in [0.2, 0.25) is 0 Å². The fraction of sp³-hybridized carbons (Fsp3) is 0.381. The van der Waals surface area contributed by atoms with Crippen LogP contribution in [-0.4, -0.2) is 72.2 Å². The monoisotopic (exact) mass is 450 g/mol. The summed E-state index contributed by atoms with van der Waals surface area (Å²) in [6.07, 6.45) is -5.74. The molecule has 4 rings (SSSR count). The van der Waals surface area contributed by atoms with E-state index < -0.39 is 59.0 Å². The van der Waals surface area contributed by atoms with Crippen molar-refractivity contribution in [1.29, 1.82) is 0 Å². The van der Waals surface area contributed by atoms with Gasteiger partial charge in [0.1, 0.15) is 35.7 Å². The van der Waals surface area contributed by atoms with Gasteiger partial charge >= 0.3 is 0 Å². The molecule has 2 heterocycles. The first-order valence-corrected chi connectivity index (χ1v) is 9.69. The molecule has 0 spiro atoms. The van der Waals surface area contributed by atoms with Crippen LogP contribution < -0.4 is 9.47 Å². The third-order valence-electron chi connectivity index (χ3n) is 5.60. The molecule has 3 unspecified atom stereocenters. The number of ketones is 1. The van der Waals surface area contributed by atoms with Gasteiger partial charge < -0.3 is 50.0 Å². The van der Waals surface area contributed by atoms with E-state index in [4.69, 9.17) is 14.2 Å². The van der Waals surface area contributed by atoms with Crippen LogP contribution in [0.3, 0.4) is 0 Å². The predicted molar refractivity (Wildman–Crippen MR) is 105 cm³/mol. The highest BCUT2D eigenvalue weighted by Gasteiger charge is 2.49. The van der Waals surface area contributed by atoms with Gasteiger partial charge in [-0.05, 0) is 17.7 Å². The lowest BCUT2D eigenvalue weighted by molar-refractivity contribution is -0.299. The van der Waals surface area contributed by atoms with Gasteiger partial charge in [-0.3, -0.25) is 4.79 Å². The van der Waals surface area contributed by atoms with E-state index in [-0.39, 0.29) is 30.1 Å². The lowest BCUT2D eigenvalue weighted by Crippen LogP contribution is -2.62. The lowest BCUT2D eigenvalue weighted by Gasteiger charge is -2.42. The molecule has 11 nitrogen and oxygen atoms in total. The standard InChI is InChI=1S/C21H22O11/c1-21(20(29)17(26)12(25)7-30-21)32-15-6-14-16(19(28)18(15)27)11(24)5-13(31-14)8-2-3-9(22)10(23)4-8/h2-4,6,12-13,17,20,22-23,25-29H,5,7H2,1H3/t12-,13-,17?,20?,21?/m0/s1. The number of aliphatic hydroxyl groups is 3. The van der Waals surface area contributed by atoms with Gasteiger partial charge in [0.05, 0.1) is 13.0 Å². The van der Waals surface area contributed by atoms with Crippen LogP contribution in [0.1, 0.15) is 35.4 Å². The number of carbonyl (C=O) groups is 1. The van der Waals surface area contributed by atoms with Crippen molar-refractivity contribution in [1.82, 2.24) is 0 Å². The summed E-state index contributed by atoms with van der Waals surface area (Å²) >= 11 is 0. The first kappa shape index (κ1) is 22.0. The maximum atomic E-state index is 12.7. The lowest BCUT2D eigenvalue weighted by atomic mass is 9.94.